The summed E-state index contributed by atoms with van der Waals surface area (Å²) in [6, 6.07) is 6.42. The monoisotopic (exact) mass is 336 g/mol. The van der Waals surface area contributed by atoms with E-state index >= 15 is 0 Å². The summed E-state index contributed by atoms with van der Waals surface area (Å²) in [5.74, 6) is -0.189. The summed E-state index contributed by atoms with van der Waals surface area (Å²) in [6.45, 7) is 7.04. The molecule has 6 nitrogen and oxygen atoms in total. The van der Waals surface area contributed by atoms with Crippen molar-refractivity contribution in [1.29, 1.82) is 0 Å². The van der Waals surface area contributed by atoms with Gasteiger partial charge in [0.25, 0.3) is 0 Å². The first kappa shape index (κ1) is 17.1. The summed E-state index contributed by atoms with van der Waals surface area (Å²) in [6.07, 6.45) is 0. The fourth-order valence-electron chi connectivity index (χ4n) is 3.08. The van der Waals surface area contributed by atoms with Gasteiger partial charge in [0.05, 0.1) is 13.2 Å². The van der Waals surface area contributed by atoms with Crippen LogP contribution in [0.3, 0.4) is 0 Å². The van der Waals surface area contributed by atoms with Crippen LogP contribution in [-0.4, -0.2) is 75.9 Å². The molecule has 7 heteroatoms. The lowest BCUT2D eigenvalue weighted by Gasteiger charge is -2.36. The normalized spacial score (nSPS) is 22.4. The smallest absolute Gasteiger partial charge is 0.239 e. The van der Waals surface area contributed by atoms with Crippen LogP contribution >= 0.6 is 0 Å². The Labute approximate surface area is 141 Å². The molecular weight excluding hydrogens is 311 g/mol. The van der Waals surface area contributed by atoms with Crippen molar-refractivity contribution < 1.29 is 13.9 Å². The summed E-state index contributed by atoms with van der Waals surface area (Å²) in [5.41, 5.74) is 1.06. The lowest BCUT2D eigenvalue weighted by molar-refractivity contribution is -0.125. The summed E-state index contributed by atoms with van der Waals surface area (Å²) in [7, 11) is 0. The molecule has 1 atom stereocenters. The van der Waals surface area contributed by atoms with Gasteiger partial charge in [0.15, 0.2) is 0 Å². The highest BCUT2D eigenvalue weighted by Crippen LogP contribution is 2.16. The second kappa shape index (κ2) is 8.41. The molecule has 0 radical (unpaired) electrons. The fourth-order valence-corrected chi connectivity index (χ4v) is 3.08. The van der Waals surface area contributed by atoms with Crippen LogP contribution < -0.4 is 15.5 Å². The van der Waals surface area contributed by atoms with Crippen molar-refractivity contribution in [3.63, 3.8) is 0 Å². The standard InChI is InChI=1S/C17H25FN4O2/c18-14-1-3-15(4-2-14)22-10-8-21(9-11-22)7-5-20-17(23)16-13-24-12-6-19-16/h1-4,16,19H,5-13H2,(H,20,23). The molecule has 1 aromatic carbocycles. The molecule has 3 rings (SSSR count). The van der Waals surface area contributed by atoms with Crippen LogP contribution in [0, 0.1) is 5.82 Å². The van der Waals surface area contributed by atoms with Crippen LogP contribution in [0.15, 0.2) is 24.3 Å². The van der Waals surface area contributed by atoms with Crippen LogP contribution in [0.4, 0.5) is 10.1 Å². The Morgan fingerprint density at radius 1 is 1.25 bits per heavy atom. The Bertz CT molecular complexity index is 526. The molecule has 2 heterocycles. The minimum atomic E-state index is -0.228. The predicted octanol–water partition coefficient (Wildman–Crippen LogP) is 0.0523. The fraction of sp³-hybridized carbons (Fsp3) is 0.588. The van der Waals surface area contributed by atoms with Crippen molar-refractivity contribution in [3.05, 3.63) is 30.1 Å². The van der Waals surface area contributed by atoms with Crippen molar-refractivity contribution in [3.8, 4) is 0 Å². The Morgan fingerprint density at radius 3 is 2.67 bits per heavy atom. The minimum Gasteiger partial charge on any atom is -0.378 e. The van der Waals surface area contributed by atoms with Crippen molar-refractivity contribution in [2.24, 2.45) is 0 Å². The maximum Gasteiger partial charge on any atom is 0.239 e. The first-order valence-electron chi connectivity index (χ1n) is 8.54. The molecule has 1 aromatic rings. The number of ether oxygens (including phenoxy) is 1. The third kappa shape index (κ3) is 4.66. The van der Waals surface area contributed by atoms with Crippen LogP contribution in [0.25, 0.3) is 0 Å². The molecule has 2 aliphatic heterocycles. The summed E-state index contributed by atoms with van der Waals surface area (Å²) < 4.78 is 18.3. The van der Waals surface area contributed by atoms with E-state index in [1.54, 1.807) is 0 Å². The summed E-state index contributed by atoms with van der Waals surface area (Å²) >= 11 is 0. The third-order valence-electron chi connectivity index (χ3n) is 4.53. The molecule has 0 aliphatic carbocycles. The largest absolute Gasteiger partial charge is 0.378 e. The summed E-state index contributed by atoms with van der Waals surface area (Å²) in [5, 5.41) is 6.12. The van der Waals surface area contributed by atoms with E-state index in [-0.39, 0.29) is 17.8 Å². The van der Waals surface area contributed by atoms with Gasteiger partial charge >= 0.3 is 0 Å². The van der Waals surface area contributed by atoms with Gasteiger partial charge in [-0.05, 0) is 24.3 Å². The highest BCUT2D eigenvalue weighted by Gasteiger charge is 2.21. The van der Waals surface area contributed by atoms with Gasteiger partial charge in [0, 0.05) is 51.5 Å². The molecule has 2 saturated heterocycles. The topological polar surface area (TPSA) is 56.8 Å². The number of anilines is 1. The number of morpholine rings is 1. The lowest BCUT2D eigenvalue weighted by Crippen LogP contribution is -2.53. The second-order valence-corrected chi connectivity index (χ2v) is 6.18. The Balaban J connectivity index is 1.35. The third-order valence-corrected chi connectivity index (χ3v) is 4.53. The molecule has 2 aliphatic rings. The molecule has 0 spiro atoms. The number of nitrogens with one attached hydrogen (secondary N) is 2. The number of hydrogen-bond acceptors (Lipinski definition) is 5. The number of piperazine rings is 1. The van der Waals surface area contributed by atoms with E-state index in [4.69, 9.17) is 4.74 Å². The number of nitrogens with zero attached hydrogens (tertiary/aromatic N) is 2. The van der Waals surface area contributed by atoms with E-state index in [1.807, 2.05) is 12.1 Å². The zero-order chi connectivity index (χ0) is 16.8. The predicted molar refractivity (Wildman–Crippen MR) is 90.7 cm³/mol. The van der Waals surface area contributed by atoms with Crippen LogP contribution in [0.1, 0.15) is 0 Å². The van der Waals surface area contributed by atoms with E-state index in [0.29, 0.717) is 19.8 Å². The highest BCUT2D eigenvalue weighted by atomic mass is 19.1. The quantitative estimate of drug-likeness (QED) is 0.796. The first-order valence-corrected chi connectivity index (χ1v) is 8.54. The van der Waals surface area contributed by atoms with Crippen molar-refractivity contribution >= 4 is 11.6 Å². The van der Waals surface area contributed by atoms with Gasteiger partial charge in [-0.2, -0.15) is 0 Å². The van der Waals surface area contributed by atoms with Crippen LogP contribution in [-0.2, 0) is 9.53 Å². The number of benzene rings is 1. The number of carbonyl (C=O) groups excluding carboxylic acids is 1. The van der Waals surface area contributed by atoms with Gasteiger partial charge in [-0.25, -0.2) is 4.39 Å². The summed E-state index contributed by atoms with van der Waals surface area (Å²) in [4.78, 5) is 16.6. The van der Waals surface area contributed by atoms with E-state index in [2.05, 4.69) is 20.4 Å². The molecule has 2 fully saturated rings. The highest BCUT2D eigenvalue weighted by molar-refractivity contribution is 5.81. The number of carbonyl (C=O) groups is 1. The van der Waals surface area contributed by atoms with E-state index < -0.39 is 0 Å². The molecule has 24 heavy (non-hydrogen) atoms. The van der Waals surface area contributed by atoms with Crippen molar-refractivity contribution in [2.45, 2.75) is 6.04 Å². The Morgan fingerprint density at radius 2 is 2.00 bits per heavy atom. The van der Waals surface area contributed by atoms with E-state index in [0.717, 1.165) is 45.0 Å². The van der Waals surface area contributed by atoms with Crippen LogP contribution in [0.2, 0.25) is 0 Å². The van der Waals surface area contributed by atoms with Crippen molar-refractivity contribution in [1.82, 2.24) is 15.5 Å². The Hall–Kier alpha value is -1.70. The zero-order valence-corrected chi connectivity index (χ0v) is 13.8. The average Bonchev–Trinajstić information content (AvgIpc) is 2.64. The Kier molecular flexibility index (Phi) is 6.01. The number of halogens is 1. The van der Waals surface area contributed by atoms with Gasteiger partial charge in [-0.3, -0.25) is 9.69 Å². The minimum absolute atomic E-state index is 0.0136. The molecule has 132 valence electrons. The van der Waals surface area contributed by atoms with Gasteiger partial charge in [0.2, 0.25) is 5.91 Å². The molecule has 2 N–H and O–H groups in total. The van der Waals surface area contributed by atoms with E-state index in [9.17, 15) is 9.18 Å². The van der Waals surface area contributed by atoms with Gasteiger partial charge in [0.1, 0.15) is 11.9 Å². The van der Waals surface area contributed by atoms with Gasteiger partial charge < -0.3 is 20.3 Å². The maximum atomic E-state index is 13.0. The first-order chi connectivity index (χ1) is 11.7. The zero-order valence-electron chi connectivity index (χ0n) is 13.8. The van der Waals surface area contributed by atoms with Gasteiger partial charge in [-0.1, -0.05) is 0 Å². The van der Waals surface area contributed by atoms with Gasteiger partial charge in [-0.15, -0.1) is 0 Å². The number of rotatable bonds is 5. The van der Waals surface area contributed by atoms with Crippen molar-refractivity contribution in [2.75, 3.05) is 63.9 Å². The average molecular weight is 336 g/mol. The molecule has 1 unspecified atom stereocenters. The molecule has 1 amide bonds. The molecule has 0 saturated carbocycles. The molecular formula is C17H25FN4O2. The molecule has 0 bridgehead atoms. The van der Waals surface area contributed by atoms with E-state index in [1.165, 1.54) is 12.1 Å². The lowest BCUT2D eigenvalue weighted by atomic mass is 10.2. The second-order valence-electron chi connectivity index (χ2n) is 6.18. The number of amides is 1. The SMILES string of the molecule is O=C(NCCN1CCN(c2ccc(F)cc2)CC1)C1COCCN1. The number of hydrogen-bond donors (Lipinski definition) is 2. The van der Waals surface area contributed by atoms with Crippen LogP contribution in [0.5, 0.6) is 0 Å². The maximum absolute atomic E-state index is 13.0. The molecule has 0 aromatic heterocycles.